The zero-order valence-electron chi connectivity index (χ0n) is 7.95. The summed E-state index contributed by atoms with van der Waals surface area (Å²) in [5, 5.41) is 0. The molecule has 0 unspecified atom stereocenters. The van der Waals surface area contributed by atoms with Crippen molar-refractivity contribution >= 4 is 28.6 Å². The Morgan fingerprint density at radius 1 is 1.60 bits per heavy atom. The molecule has 0 bridgehead atoms. The molecule has 6 nitrogen and oxygen atoms in total. The minimum Gasteiger partial charge on any atom is -0.465 e. The summed E-state index contributed by atoms with van der Waals surface area (Å²) in [5.41, 5.74) is -1.11. The van der Waals surface area contributed by atoms with Gasteiger partial charge in [-0.2, -0.15) is 0 Å². The van der Waals surface area contributed by atoms with Gasteiger partial charge in [-0.3, -0.25) is 9.59 Å². The van der Waals surface area contributed by atoms with Crippen LogP contribution in [0.4, 0.5) is 0 Å². The van der Waals surface area contributed by atoms with Crippen LogP contribution in [0.3, 0.4) is 0 Å². The molecule has 1 heterocycles. The number of aromatic nitrogens is 2. The van der Waals surface area contributed by atoms with Crippen molar-refractivity contribution < 1.29 is 9.53 Å². The summed E-state index contributed by atoms with van der Waals surface area (Å²) in [6, 6.07) is 0. The Morgan fingerprint density at radius 2 is 2.27 bits per heavy atom. The van der Waals surface area contributed by atoms with Crippen LogP contribution in [0.2, 0.25) is 0 Å². The lowest BCUT2D eigenvalue weighted by Crippen LogP contribution is -2.38. The molecule has 0 spiro atoms. The van der Waals surface area contributed by atoms with Crippen molar-refractivity contribution in [2.45, 2.75) is 13.5 Å². The van der Waals surface area contributed by atoms with E-state index in [0.29, 0.717) is 3.57 Å². The van der Waals surface area contributed by atoms with Gasteiger partial charge in [-0.05, 0) is 29.5 Å². The van der Waals surface area contributed by atoms with Gasteiger partial charge in [0.25, 0.3) is 5.56 Å². The van der Waals surface area contributed by atoms with E-state index in [2.05, 4.69) is 9.72 Å². The number of rotatable bonds is 3. The van der Waals surface area contributed by atoms with Gasteiger partial charge >= 0.3 is 11.7 Å². The van der Waals surface area contributed by atoms with Crippen LogP contribution in [-0.4, -0.2) is 22.1 Å². The van der Waals surface area contributed by atoms with Gasteiger partial charge in [0, 0.05) is 6.20 Å². The van der Waals surface area contributed by atoms with Gasteiger partial charge in [-0.25, -0.2) is 9.36 Å². The van der Waals surface area contributed by atoms with Crippen LogP contribution >= 0.6 is 22.6 Å². The number of esters is 1. The van der Waals surface area contributed by atoms with Crippen LogP contribution < -0.4 is 11.2 Å². The summed E-state index contributed by atoms with van der Waals surface area (Å²) < 4.78 is 5.79. The van der Waals surface area contributed by atoms with Crippen LogP contribution in [-0.2, 0) is 16.1 Å². The maximum atomic E-state index is 11.5. The van der Waals surface area contributed by atoms with E-state index in [1.165, 1.54) is 6.20 Å². The lowest BCUT2D eigenvalue weighted by Gasteiger charge is -2.03. The van der Waals surface area contributed by atoms with E-state index in [0.717, 1.165) is 4.57 Å². The predicted molar refractivity (Wildman–Crippen MR) is 60.7 cm³/mol. The first-order valence-electron chi connectivity index (χ1n) is 4.20. The number of ether oxygens (including phenoxy) is 1. The highest BCUT2D eigenvalue weighted by molar-refractivity contribution is 14.1. The van der Waals surface area contributed by atoms with Crippen LogP contribution in [0.1, 0.15) is 6.92 Å². The molecule has 0 aliphatic rings. The zero-order chi connectivity index (χ0) is 11.4. The second-order valence-corrected chi connectivity index (χ2v) is 3.80. The summed E-state index contributed by atoms with van der Waals surface area (Å²) in [6.45, 7) is 1.51. The molecule has 0 aliphatic carbocycles. The summed E-state index contributed by atoms with van der Waals surface area (Å²) >= 11 is 1.78. The van der Waals surface area contributed by atoms with Crippen LogP contribution in [0.15, 0.2) is 15.8 Å². The maximum Gasteiger partial charge on any atom is 0.328 e. The maximum absolute atomic E-state index is 11.5. The molecule has 0 saturated heterocycles. The average Bonchev–Trinajstić information content (AvgIpc) is 2.19. The van der Waals surface area contributed by atoms with Gasteiger partial charge in [0.05, 0.1) is 10.2 Å². The van der Waals surface area contributed by atoms with Gasteiger partial charge < -0.3 is 9.72 Å². The summed E-state index contributed by atoms with van der Waals surface area (Å²) in [6.07, 6.45) is 1.30. The Hall–Kier alpha value is -1.12. The normalized spacial score (nSPS) is 10.0. The average molecular weight is 324 g/mol. The molecule has 7 heteroatoms. The third-order valence-electron chi connectivity index (χ3n) is 1.61. The van der Waals surface area contributed by atoms with Crippen LogP contribution in [0.25, 0.3) is 0 Å². The van der Waals surface area contributed by atoms with Crippen molar-refractivity contribution in [3.05, 3.63) is 30.6 Å². The minimum atomic E-state index is -0.617. The Labute approximate surface area is 98.4 Å². The van der Waals surface area contributed by atoms with Crippen molar-refractivity contribution in [3.63, 3.8) is 0 Å². The predicted octanol–water partition coefficient (Wildman–Crippen LogP) is -0.296. The quantitative estimate of drug-likeness (QED) is 0.612. The Kier molecular flexibility index (Phi) is 4.06. The van der Waals surface area contributed by atoms with Crippen molar-refractivity contribution in [2.24, 2.45) is 0 Å². The highest BCUT2D eigenvalue weighted by Gasteiger charge is 2.09. The largest absolute Gasteiger partial charge is 0.465 e. The SMILES string of the molecule is CCOC(=O)Cn1c(=O)[nH]cc(I)c1=O. The Morgan fingerprint density at radius 3 is 2.87 bits per heavy atom. The fourth-order valence-corrected chi connectivity index (χ4v) is 1.41. The molecule has 0 aromatic carbocycles. The molecule has 0 saturated carbocycles. The topological polar surface area (TPSA) is 81.2 Å². The highest BCUT2D eigenvalue weighted by Crippen LogP contribution is 1.91. The van der Waals surface area contributed by atoms with E-state index < -0.39 is 17.2 Å². The number of aromatic amines is 1. The molecule has 0 fully saturated rings. The number of hydrogen-bond donors (Lipinski definition) is 1. The smallest absolute Gasteiger partial charge is 0.328 e. The molecular formula is C8H9IN2O4. The molecule has 15 heavy (non-hydrogen) atoms. The molecule has 1 aromatic heterocycles. The number of H-pyrrole nitrogens is 1. The standard InChI is InChI=1S/C8H9IN2O4/c1-2-15-6(12)4-11-7(13)5(9)3-10-8(11)14/h3H,2,4H2,1H3,(H,10,14). The van der Waals surface area contributed by atoms with Crippen molar-refractivity contribution in [1.82, 2.24) is 9.55 Å². The lowest BCUT2D eigenvalue weighted by molar-refractivity contribution is -0.143. The molecule has 0 amide bonds. The summed E-state index contributed by atoms with van der Waals surface area (Å²) in [5.74, 6) is -0.605. The first kappa shape index (κ1) is 12.0. The monoisotopic (exact) mass is 324 g/mol. The van der Waals surface area contributed by atoms with Gasteiger partial charge in [0.2, 0.25) is 0 Å². The molecule has 0 radical (unpaired) electrons. The number of nitrogens with zero attached hydrogens (tertiary/aromatic N) is 1. The zero-order valence-corrected chi connectivity index (χ0v) is 10.1. The van der Waals surface area contributed by atoms with Crippen molar-refractivity contribution in [3.8, 4) is 0 Å². The van der Waals surface area contributed by atoms with Crippen molar-refractivity contribution in [1.29, 1.82) is 0 Å². The molecule has 0 atom stereocenters. The van der Waals surface area contributed by atoms with E-state index in [9.17, 15) is 14.4 Å². The van der Waals surface area contributed by atoms with E-state index in [4.69, 9.17) is 0 Å². The number of carbonyl (C=O) groups excluding carboxylic acids is 1. The molecule has 0 aliphatic heterocycles. The summed E-state index contributed by atoms with van der Waals surface area (Å²) in [7, 11) is 0. The number of halogens is 1. The van der Waals surface area contributed by atoms with E-state index in [-0.39, 0.29) is 13.2 Å². The van der Waals surface area contributed by atoms with Gasteiger partial charge in [-0.15, -0.1) is 0 Å². The Balaban J connectivity index is 3.05. The molecule has 1 rings (SSSR count). The Bertz CT molecular complexity index is 476. The van der Waals surface area contributed by atoms with Gasteiger partial charge in [0.15, 0.2) is 0 Å². The van der Waals surface area contributed by atoms with Crippen molar-refractivity contribution in [2.75, 3.05) is 6.61 Å². The fraction of sp³-hybridized carbons (Fsp3) is 0.375. The number of carbonyl (C=O) groups is 1. The first-order chi connectivity index (χ1) is 7.06. The fourth-order valence-electron chi connectivity index (χ4n) is 0.965. The third kappa shape index (κ3) is 2.91. The van der Waals surface area contributed by atoms with E-state index >= 15 is 0 Å². The van der Waals surface area contributed by atoms with Gasteiger partial charge in [0.1, 0.15) is 6.54 Å². The van der Waals surface area contributed by atoms with Crippen LogP contribution in [0.5, 0.6) is 0 Å². The highest BCUT2D eigenvalue weighted by atomic mass is 127. The molecular weight excluding hydrogens is 315 g/mol. The minimum absolute atomic E-state index is 0.218. The number of nitrogens with one attached hydrogen (secondary N) is 1. The van der Waals surface area contributed by atoms with Gasteiger partial charge in [-0.1, -0.05) is 0 Å². The molecule has 1 aromatic rings. The first-order valence-corrected chi connectivity index (χ1v) is 5.27. The lowest BCUT2D eigenvalue weighted by atomic mass is 10.5. The second-order valence-electron chi connectivity index (χ2n) is 2.64. The van der Waals surface area contributed by atoms with E-state index in [1.54, 1.807) is 29.5 Å². The molecule has 82 valence electrons. The third-order valence-corrected chi connectivity index (χ3v) is 2.38. The van der Waals surface area contributed by atoms with E-state index in [1.807, 2.05) is 0 Å². The second kappa shape index (κ2) is 5.10. The summed E-state index contributed by atoms with van der Waals surface area (Å²) in [4.78, 5) is 36.1. The molecule has 1 N–H and O–H groups in total. The number of hydrogen-bond acceptors (Lipinski definition) is 4. The van der Waals surface area contributed by atoms with Crippen LogP contribution in [0, 0.1) is 3.57 Å².